The number of para-hydroxylation sites is 1. The number of ether oxygens (including phenoxy) is 3. The van der Waals surface area contributed by atoms with Crippen LogP contribution in [0.4, 0.5) is 0 Å². The lowest BCUT2D eigenvalue weighted by molar-refractivity contribution is -0.0117. The van der Waals surface area contributed by atoms with Crippen LogP contribution in [0.5, 0.6) is 5.75 Å². The molecule has 1 aliphatic heterocycles. The molecule has 2 N–H and O–H groups in total. The third kappa shape index (κ3) is 5.82. The van der Waals surface area contributed by atoms with Gasteiger partial charge in [0.15, 0.2) is 5.76 Å². The van der Waals surface area contributed by atoms with Gasteiger partial charge in [-0.05, 0) is 75.5 Å². The second-order valence-corrected chi connectivity index (χ2v) is 10.1. The molecule has 3 aliphatic rings. The summed E-state index contributed by atoms with van der Waals surface area (Å²) >= 11 is 0. The number of methoxy groups -OCH3 is 1. The highest BCUT2D eigenvalue weighted by Crippen LogP contribution is 2.35. The van der Waals surface area contributed by atoms with E-state index in [9.17, 15) is 5.11 Å². The van der Waals surface area contributed by atoms with Crippen LogP contribution < -0.4 is 10.1 Å². The molecule has 0 radical (unpaired) electrons. The summed E-state index contributed by atoms with van der Waals surface area (Å²) in [6, 6.07) is 8.47. The van der Waals surface area contributed by atoms with Crippen molar-refractivity contribution in [3.8, 4) is 5.75 Å². The number of fused-ring (bicyclic) bond motifs is 1. The Balaban J connectivity index is 1.19. The minimum absolute atomic E-state index is 0.0575. The summed E-state index contributed by atoms with van der Waals surface area (Å²) in [6.45, 7) is 0. The molecule has 6 heteroatoms. The van der Waals surface area contributed by atoms with E-state index in [1.807, 2.05) is 18.3 Å². The van der Waals surface area contributed by atoms with E-state index < -0.39 is 5.60 Å². The maximum absolute atomic E-state index is 11.4. The lowest BCUT2D eigenvalue weighted by Gasteiger charge is -2.38. The summed E-state index contributed by atoms with van der Waals surface area (Å²) in [5.41, 5.74) is 2.86. The summed E-state index contributed by atoms with van der Waals surface area (Å²) in [6.07, 6.45) is 21.3. The van der Waals surface area contributed by atoms with Gasteiger partial charge in [-0.3, -0.25) is 4.98 Å². The van der Waals surface area contributed by atoms with Crippen molar-refractivity contribution in [1.82, 2.24) is 10.3 Å². The lowest BCUT2D eigenvalue weighted by Crippen LogP contribution is -2.46. The van der Waals surface area contributed by atoms with E-state index in [4.69, 9.17) is 14.2 Å². The molecule has 2 aliphatic carbocycles. The molecule has 5 rings (SSSR count). The van der Waals surface area contributed by atoms with Gasteiger partial charge in [0.25, 0.3) is 0 Å². The van der Waals surface area contributed by atoms with E-state index in [2.05, 4.69) is 40.7 Å². The highest BCUT2D eigenvalue weighted by atomic mass is 16.5. The molecule has 1 fully saturated rings. The molecule has 1 aromatic carbocycles. The molecule has 6 nitrogen and oxygen atoms in total. The highest BCUT2D eigenvalue weighted by molar-refractivity contribution is 5.87. The van der Waals surface area contributed by atoms with Crippen molar-refractivity contribution in [2.45, 2.75) is 75.5 Å². The van der Waals surface area contributed by atoms with E-state index in [-0.39, 0.29) is 6.04 Å². The summed E-state index contributed by atoms with van der Waals surface area (Å²) in [4.78, 5) is 4.51. The van der Waals surface area contributed by atoms with Crippen molar-refractivity contribution < 1.29 is 19.3 Å². The van der Waals surface area contributed by atoms with Crippen molar-refractivity contribution in [3.05, 3.63) is 84.4 Å². The van der Waals surface area contributed by atoms with Gasteiger partial charge < -0.3 is 24.6 Å². The zero-order valence-electron chi connectivity index (χ0n) is 21.0. The Kier molecular flexibility index (Phi) is 7.73. The topological polar surface area (TPSA) is 72.8 Å². The molecule has 1 unspecified atom stereocenters. The van der Waals surface area contributed by atoms with Crippen molar-refractivity contribution in [3.63, 3.8) is 0 Å². The summed E-state index contributed by atoms with van der Waals surface area (Å²) in [7, 11) is 1.67. The molecule has 0 spiro atoms. The number of rotatable bonds is 9. The zero-order valence-corrected chi connectivity index (χ0v) is 21.0. The van der Waals surface area contributed by atoms with E-state index in [0.717, 1.165) is 80.2 Å². The number of aryl methyl sites for hydroxylation is 1. The SMILES string of the molecule is COc1cccc2c(CCC3(O)CCC(NC(CC4=CC=CCC4)C4=COC=CO4)CC3)ccnc12. The number of nitrogens with one attached hydrogen (secondary N) is 1. The predicted molar refractivity (Wildman–Crippen MR) is 141 cm³/mol. The summed E-state index contributed by atoms with van der Waals surface area (Å²) in [5.74, 6) is 1.60. The molecule has 0 saturated heterocycles. The largest absolute Gasteiger partial charge is 0.494 e. The van der Waals surface area contributed by atoms with E-state index >= 15 is 0 Å². The molecule has 1 saturated carbocycles. The Hall–Kier alpha value is -3.09. The fraction of sp³-hybridized carbons (Fsp3) is 0.433. The van der Waals surface area contributed by atoms with E-state index in [1.165, 1.54) is 11.1 Å². The summed E-state index contributed by atoms with van der Waals surface area (Å²) < 4.78 is 16.7. The second kappa shape index (κ2) is 11.3. The van der Waals surface area contributed by atoms with E-state index in [1.54, 1.807) is 25.9 Å². The first-order valence-electron chi connectivity index (χ1n) is 13.0. The smallest absolute Gasteiger partial charge is 0.155 e. The fourth-order valence-corrected chi connectivity index (χ4v) is 5.58. The second-order valence-electron chi connectivity index (χ2n) is 10.1. The van der Waals surface area contributed by atoms with E-state index in [0.29, 0.717) is 6.04 Å². The Morgan fingerprint density at radius 1 is 1.22 bits per heavy atom. The van der Waals surface area contributed by atoms with Crippen LogP contribution in [-0.2, 0) is 15.9 Å². The number of allylic oxidation sites excluding steroid dienone is 3. The van der Waals surface area contributed by atoms with Gasteiger partial charge in [-0.2, -0.15) is 0 Å². The highest BCUT2D eigenvalue weighted by Gasteiger charge is 2.34. The number of pyridine rings is 1. The van der Waals surface area contributed by atoms with Crippen molar-refractivity contribution in [1.29, 1.82) is 0 Å². The first-order valence-corrected chi connectivity index (χ1v) is 13.0. The molecule has 190 valence electrons. The monoisotopic (exact) mass is 488 g/mol. The number of nitrogens with zero attached hydrogens (tertiary/aromatic N) is 1. The standard InChI is InChI=1S/C30H36N2O4/c1-34-27-9-5-8-25-23(13-17-31-29(25)27)10-14-30(33)15-11-24(12-16-30)32-26(28-21-35-18-19-36-28)20-22-6-3-2-4-7-22/h2-3,5-6,8-9,13,17-19,21,24,26,32-33H,4,7,10-12,14-16,20H2,1H3. The first kappa shape index (κ1) is 24.6. The first-order chi connectivity index (χ1) is 17.6. The van der Waals surface area contributed by atoms with Crippen LogP contribution in [0.1, 0.15) is 56.9 Å². The van der Waals surface area contributed by atoms with Gasteiger partial charge >= 0.3 is 0 Å². The molecular weight excluding hydrogens is 452 g/mol. The Morgan fingerprint density at radius 2 is 2.11 bits per heavy atom. The number of aliphatic hydroxyl groups is 1. The van der Waals surface area contributed by atoms with Crippen LogP contribution in [0.15, 0.2) is 78.8 Å². The third-order valence-corrected chi connectivity index (χ3v) is 7.69. The number of benzene rings is 1. The molecule has 2 aromatic rings. The van der Waals surface area contributed by atoms with Crippen molar-refractivity contribution >= 4 is 10.9 Å². The Morgan fingerprint density at radius 3 is 2.86 bits per heavy atom. The number of aromatic nitrogens is 1. The average molecular weight is 489 g/mol. The maximum Gasteiger partial charge on any atom is 0.155 e. The van der Waals surface area contributed by atoms with Crippen molar-refractivity contribution in [2.75, 3.05) is 7.11 Å². The average Bonchev–Trinajstić information content (AvgIpc) is 2.93. The molecule has 0 bridgehead atoms. The number of hydrogen-bond donors (Lipinski definition) is 2. The van der Waals surface area contributed by atoms with Crippen LogP contribution in [-0.4, -0.2) is 34.9 Å². The van der Waals surface area contributed by atoms with Gasteiger partial charge in [-0.25, -0.2) is 0 Å². The van der Waals surface area contributed by atoms with Gasteiger partial charge in [0, 0.05) is 17.6 Å². The lowest BCUT2D eigenvalue weighted by atomic mass is 9.78. The minimum atomic E-state index is -0.648. The Bertz CT molecular complexity index is 1170. The predicted octanol–water partition coefficient (Wildman–Crippen LogP) is 5.83. The Labute approximate surface area is 213 Å². The fourth-order valence-electron chi connectivity index (χ4n) is 5.58. The quantitative estimate of drug-likeness (QED) is 0.462. The van der Waals surface area contributed by atoms with Gasteiger partial charge in [-0.15, -0.1) is 0 Å². The van der Waals surface area contributed by atoms with Gasteiger partial charge in [0.2, 0.25) is 0 Å². The van der Waals surface area contributed by atoms with Crippen LogP contribution >= 0.6 is 0 Å². The molecular formula is C30H36N2O4. The molecule has 2 heterocycles. The maximum atomic E-state index is 11.4. The van der Waals surface area contributed by atoms with Gasteiger partial charge in [0.1, 0.15) is 30.1 Å². The van der Waals surface area contributed by atoms with Crippen LogP contribution in [0.25, 0.3) is 10.9 Å². The number of hydrogen-bond acceptors (Lipinski definition) is 6. The van der Waals surface area contributed by atoms with Gasteiger partial charge in [0.05, 0.1) is 18.8 Å². The van der Waals surface area contributed by atoms with Gasteiger partial charge in [-0.1, -0.05) is 35.9 Å². The molecule has 1 aromatic heterocycles. The van der Waals surface area contributed by atoms with Crippen molar-refractivity contribution in [2.24, 2.45) is 0 Å². The molecule has 0 amide bonds. The normalized spacial score (nSPS) is 24.4. The minimum Gasteiger partial charge on any atom is -0.494 e. The van der Waals surface area contributed by atoms with Crippen LogP contribution in [0.2, 0.25) is 0 Å². The summed E-state index contributed by atoms with van der Waals surface area (Å²) in [5, 5.41) is 16.3. The molecule has 36 heavy (non-hydrogen) atoms. The zero-order chi connectivity index (χ0) is 24.8. The molecule has 1 atom stereocenters. The third-order valence-electron chi connectivity index (χ3n) is 7.69. The van der Waals surface area contributed by atoms with Crippen LogP contribution in [0.3, 0.4) is 0 Å². The van der Waals surface area contributed by atoms with Crippen LogP contribution in [0, 0.1) is 0 Å².